The molecular formula is C15H25NO2. The van der Waals surface area contributed by atoms with Crippen LogP contribution in [0.25, 0.3) is 0 Å². The zero-order chi connectivity index (χ0) is 13.4. The summed E-state index contributed by atoms with van der Waals surface area (Å²) in [7, 11) is 1.64. The Morgan fingerprint density at radius 2 is 2.11 bits per heavy atom. The Morgan fingerprint density at radius 1 is 1.33 bits per heavy atom. The highest BCUT2D eigenvalue weighted by Crippen LogP contribution is 2.18. The van der Waals surface area contributed by atoms with Gasteiger partial charge in [0.05, 0.1) is 13.2 Å². The summed E-state index contributed by atoms with van der Waals surface area (Å²) in [5.74, 6) is 1.44. The van der Waals surface area contributed by atoms with E-state index < -0.39 is 6.10 Å². The minimum atomic E-state index is -0.478. The number of methoxy groups -OCH3 is 1. The summed E-state index contributed by atoms with van der Waals surface area (Å²) in [6, 6.07) is 7.58. The maximum Gasteiger partial charge on any atom is 0.119 e. The molecule has 1 aromatic carbocycles. The monoisotopic (exact) mass is 251 g/mol. The number of aliphatic hydroxyl groups is 1. The molecule has 0 bridgehead atoms. The van der Waals surface area contributed by atoms with E-state index in [0.29, 0.717) is 12.5 Å². The van der Waals surface area contributed by atoms with E-state index in [4.69, 9.17) is 4.74 Å². The summed E-state index contributed by atoms with van der Waals surface area (Å²) >= 11 is 0. The molecule has 0 spiro atoms. The molecule has 2 atom stereocenters. The Morgan fingerprint density at radius 3 is 2.78 bits per heavy atom. The predicted molar refractivity (Wildman–Crippen MR) is 74.9 cm³/mol. The fraction of sp³-hybridized carbons (Fsp3) is 0.600. The van der Waals surface area contributed by atoms with Gasteiger partial charge in [-0.05, 0) is 36.6 Å². The van der Waals surface area contributed by atoms with Crippen LogP contribution in [0, 0.1) is 5.92 Å². The summed E-state index contributed by atoms with van der Waals surface area (Å²) in [6.45, 7) is 5.96. The van der Waals surface area contributed by atoms with E-state index in [1.54, 1.807) is 7.11 Å². The first-order chi connectivity index (χ1) is 8.67. The molecule has 18 heavy (non-hydrogen) atoms. The van der Waals surface area contributed by atoms with Crippen molar-refractivity contribution in [3.05, 3.63) is 29.8 Å². The maximum absolute atomic E-state index is 10.1. The molecule has 3 heteroatoms. The normalized spacial score (nSPS) is 14.2. The van der Waals surface area contributed by atoms with E-state index in [0.717, 1.165) is 17.9 Å². The van der Waals surface area contributed by atoms with Crippen molar-refractivity contribution in [3.63, 3.8) is 0 Å². The van der Waals surface area contributed by atoms with E-state index in [1.807, 2.05) is 24.3 Å². The van der Waals surface area contributed by atoms with Gasteiger partial charge in [0.25, 0.3) is 0 Å². The Bertz CT molecular complexity index is 341. The van der Waals surface area contributed by atoms with Crippen LogP contribution in [-0.2, 0) is 0 Å². The lowest BCUT2D eigenvalue weighted by molar-refractivity contribution is 0.172. The van der Waals surface area contributed by atoms with Crippen molar-refractivity contribution in [1.29, 1.82) is 0 Å². The van der Waals surface area contributed by atoms with Crippen molar-refractivity contribution >= 4 is 0 Å². The lowest BCUT2D eigenvalue weighted by Crippen LogP contribution is -2.26. The molecule has 3 nitrogen and oxygen atoms in total. The van der Waals surface area contributed by atoms with Crippen LogP contribution in [0.15, 0.2) is 24.3 Å². The molecular weight excluding hydrogens is 226 g/mol. The zero-order valence-corrected chi connectivity index (χ0v) is 11.6. The summed E-state index contributed by atoms with van der Waals surface area (Å²) in [5.41, 5.74) is 0.894. The predicted octanol–water partition coefficient (Wildman–Crippen LogP) is 2.75. The topological polar surface area (TPSA) is 41.5 Å². The van der Waals surface area contributed by atoms with Crippen LogP contribution in [0.5, 0.6) is 5.75 Å². The molecule has 0 aromatic heterocycles. The third kappa shape index (κ3) is 5.07. The van der Waals surface area contributed by atoms with E-state index in [1.165, 1.54) is 12.8 Å². The van der Waals surface area contributed by atoms with Gasteiger partial charge in [-0.15, -0.1) is 0 Å². The Hall–Kier alpha value is -1.06. The van der Waals surface area contributed by atoms with E-state index in [2.05, 4.69) is 19.2 Å². The minimum absolute atomic E-state index is 0.478. The van der Waals surface area contributed by atoms with Gasteiger partial charge in [-0.25, -0.2) is 0 Å². The van der Waals surface area contributed by atoms with E-state index >= 15 is 0 Å². The fourth-order valence-corrected chi connectivity index (χ4v) is 2.03. The second-order valence-electron chi connectivity index (χ2n) is 4.84. The van der Waals surface area contributed by atoms with Crippen molar-refractivity contribution in [2.45, 2.75) is 32.8 Å². The van der Waals surface area contributed by atoms with Gasteiger partial charge in [0.1, 0.15) is 5.75 Å². The summed E-state index contributed by atoms with van der Waals surface area (Å²) < 4.78 is 5.15. The smallest absolute Gasteiger partial charge is 0.119 e. The summed E-state index contributed by atoms with van der Waals surface area (Å²) in [4.78, 5) is 0. The van der Waals surface area contributed by atoms with Crippen LogP contribution in [0.3, 0.4) is 0 Å². The number of aliphatic hydroxyl groups excluding tert-OH is 1. The fourth-order valence-electron chi connectivity index (χ4n) is 2.03. The molecule has 0 saturated heterocycles. The highest BCUT2D eigenvalue weighted by atomic mass is 16.5. The average molecular weight is 251 g/mol. The average Bonchev–Trinajstić information content (AvgIpc) is 2.39. The molecule has 2 N–H and O–H groups in total. The van der Waals surface area contributed by atoms with Crippen LogP contribution in [0.2, 0.25) is 0 Å². The second-order valence-corrected chi connectivity index (χ2v) is 4.84. The standard InChI is InChI=1S/C15H25NO2/c1-4-6-12(2)10-16-11-15(17)13-7-5-8-14(9-13)18-3/h5,7-9,12,15-17H,4,6,10-11H2,1-3H3. The van der Waals surface area contributed by atoms with Crippen molar-refractivity contribution in [2.75, 3.05) is 20.2 Å². The first-order valence-corrected chi connectivity index (χ1v) is 6.70. The number of rotatable bonds is 8. The third-order valence-corrected chi connectivity index (χ3v) is 3.09. The molecule has 1 rings (SSSR count). The zero-order valence-electron chi connectivity index (χ0n) is 11.6. The van der Waals surface area contributed by atoms with Gasteiger partial charge >= 0.3 is 0 Å². The largest absolute Gasteiger partial charge is 0.497 e. The van der Waals surface area contributed by atoms with E-state index in [9.17, 15) is 5.11 Å². The molecule has 0 saturated carbocycles. The van der Waals surface area contributed by atoms with Crippen LogP contribution in [-0.4, -0.2) is 25.3 Å². The molecule has 0 aliphatic rings. The lowest BCUT2D eigenvalue weighted by atomic mass is 10.1. The van der Waals surface area contributed by atoms with Gasteiger partial charge in [-0.2, -0.15) is 0 Å². The Labute approximate surface area is 110 Å². The Balaban J connectivity index is 2.37. The highest BCUT2D eigenvalue weighted by molar-refractivity contribution is 5.29. The molecule has 0 aliphatic heterocycles. The number of hydrogen-bond donors (Lipinski definition) is 2. The summed E-state index contributed by atoms with van der Waals surface area (Å²) in [6.07, 6.45) is 1.96. The van der Waals surface area contributed by atoms with Crippen LogP contribution in [0.4, 0.5) is 0 Å². The molecule has 0 fully saturated rings. The first kappa shape index (κ1) is 15.0. The SMILES string of the molecule is CCCC(C)CNCC(O)c1cccc(OC)c1. The van der Waals surface area contributed by atoms with Crippen LogP contribution >= 0.6 is 0 Å². The molecule has 2 unspecified atom stereocenters. The van der Waals surface area contributed by atoms with Gasteiger partial charge in [0, 0.05) is 6.54 Å². The second kappa shape index (κ2) is 8.11. The van der Waals surface area contributed by atoms with Gasteiger partial charge in [-0.3, -0.25) is 0 Å². The van der Waals surface area contributed by atoms with Gasteiger partial charge in [-0.1, -0.05) is 32.4 Å². The van der Waals surface area contributed by atoms with Gasteiger partial charge in [0.15, 0.2) is 0 Å². The number of hydrogen-bond acceptors (Lipinski definition) is 3. The molecule has 0 amide bonds. The highest BCUT2D eigenvalue weighted by Gasteiger charge is 2.08. The lowest BCUT2D eigenvalue weighted by Gasteiger charge is -2.15. The number of ether oxygens (including phenoxy) is 1. The van der Waals surface area contributed by atoms with Gasteiger partial charge in [0.2, 0.25) is 0 Å². The van der Waals surface area contributed by atoms with Crippen LogP contribution in [0.1, 0.15) is 38.4 Å². The third-order valence-electron chi connectivity index (χ3n) is 3.09. The Kier molecular flexibility index (Phi) is 6.76. The quantitative estimate of drug-likeness (QED) is 0.746. The molecule has 0 radical (unpaired) electrons. The van der Waals surface area contributed by atoms with Crippen molar-refractivity contribution in [1.82, 2.24) is 5.32 Å². The van der Waals surface area contributed by atoms with Crippen molar-refractivity contribution in [2.24, 2.45) is 5.92 Å². The molecule has 0 aliphatic carbocycles. The maximum atomic E-state index is 10.1. The summed E-state index contributed by atoms with van der Waals surface area (Å²) in [5, 5.41) is 13.4. The molecule has 1 aromatic rings. The van der Waals surface area contributed by atoms with E-state index in [-0.39, 0.29) is 0 Å². The van der Waals surface area contributed by atoms with Crippen molar-refractivity contribution < 1.29 is 9.84 Å². The number of nitrogens with one attached hydrogen (secondary N) is 1. The van der Waals surface area contributed by atoms with Gasteiger partial charge < -0.3 is 15.2 Å². The molecule has 102 valence electrons. The first-order valence-electron chi connectivity index (χ1n) is 6.70. The van der Waals surface area contributed by atoms with Crippen molar-refractivity contribution in [3.8, 4) is 5.75 Å². The molecule has 0 heterocycles. The van der Waals surface area contributed by atoms with Crippen LogP contribution < -0.4 is 10.1 Å². The minimum Gasteiger partial charge on any atom is -0.497 e. The number of benzene rings is 1.